The van der Waals surface area contributed by atoms with Gasteiger partial charge in [-0.2, -0.15) is 0 Å². The van der Waals surface area contributed by atoms with Crippen LogP contribution in [0.25, 0.3) is 0 Å². The molecule has 0 saturated carbocycles. The maximum Gasteiger partial charge on any atom is 0.240 e. The normalized spacial score (nSPS) is 11.4. The molecule has 118 valence electrons. The Morgan fingerprint density at radius 2 is 2.09 bits per heavy atom. The van der Waals surface area contributed by atoms with Crippen LogP contribution in [0, 0.1) is 6.92 Å². The van der Waals surface area contributed by atoms with E-state index in [9.17, 15) is 8.42 Å². The van der Waals surface area contributed by atoms with Gasteiger partial charge in [-0.15, -0.1) is 0 Å². The van der Waals surface area contributed by atoms with E-state index in [0.29, 0.717) is 17.9 Å². The van der Waals surface area contributed by atoms with Crippen molar-refractivity contribution < 1.29 is 13.2 Å². The first-order valence-electron chi connectivity index (χ1n) is 7.06. The van der Waals surface area contributed by atoms with Crippen LogP contribution in [0.15, 0.2) is 47.6 Å². The molecule has 0 aliphatic rings. The summed E-state index contributed by atoms with van der Waals surface area (Å²) < 4.78 is 32.3. The number of benzene rings is 1. The molecule has 22 heavy (non-hydrogen) atoms. The fraction of sp³-hybridized carbons (Fsp3) is 0.312. The summed E-state index contributed by atoms with van der Waals surface area (Å²) in [4.78, 5) is 4.32. The lowest BCUT2D eigenvalue weighted by atomic mass is 10.2. The minimum Gasteiger partial charge on any atom is -0.497 e. The van der Waals surface area contributed by atoms with Gasteiger partial charge in [0.05, 0.1) is 12.0 Å². The summed E-state index contributed by atoms with van der Waals surface area (Å²) in [5, 5.41) is 0. The second kappa shape index (κ2) is 7.38. The number of sulfonamides is 1. The van der Waals surface area contributed by atoms with Gasteiger partial charge in [0.25, 0.3) is 0 Å². The number of nitrogens with one attached hydrogen (secondary N) is 1. The molecule has 2 rings (SSSR count). The third-order valence-electron chi connectivity index (χ3n) is 3.33. The molecule has 2 aromatic rings. The van der Waals surface area contributed by atoms with Crippen molar-refractivity contribution >= 4 is 10.0 Å². The molecule has 0 radical (unpaired) electrons. The lowest BCUT2D eigenvalue weighted by Crippen LogP contribution is -2.25. The van der Waals surface area contributed by atoms with Crippen LogP contribution in [-0.4, -0.2) is 27.1 Å². The summed E-state index contributed by atoms with van der Waals surface area (Å²) in [5.41, 5.74) is 1.77. The zero-order valence-electron chi connectivity index (χ0n) is 12.7. The fourth-order valence-corrected chi connectivity index (χ4v) is 3.47. The van der Waals surface area contributed by atoms with Gasteiger partial charge < -0.3 is 4.74 Å². The second-order valence-electron chi connectivity index (χ2n) is 4.99. The van der Waals surface area contributed by atoms with E-state index in [-0.39, 0.29) is 4.90 Å². The minimum atomic E-state index is -3.49. The summed E-state index contributed by atoms with van der Waals surface area (Å²) in [6.45, 7) is 2.15. The van der Waals surface area contributed by atoms with E-state index in [1.54, 1.807) is 44.6 Å². The van der Waals surface area contributed by atoms with Crippen molar-refractivity contribution in [1.82, 2.24) is 9.71 Å². The number of nitrogens with zero attached hydrogens (tertiary/aromatic N) is 1. The van der Waals surface area contributed by atoms with Crippen molar-refractivity contribution in [3.8, 4) is 5.75 Å². The number of ether oxygens (including phenoxy) is 1. The molecule has 0 amide bonds. The molecular weight excluding hydrogens is 300 g/mol. The molecule has 0 spiro atoms. The van der Waals surface area contributed by atoms with E-state index in [1.165, 1.54) is 0 Å². The number of methoxy groups -OCH3 is 1. The van der Waals surface area contributed by atoms with Crippen molar-refractivity contribution in [3.05, 3.63) is 53.9 Å². The van der Waals surface area contributed by atoms with E-state index in [1.807, 2.05) is 12.1 Å². The fourth-order valence-electron chi connectivity index (χ4n) is 2.17. The van der Waals surface area contributed by atoms with Crippen LogP contribution in [0.1, 0.15) is 17.5 Å². The topological polar surface area (TPSA) is 68.3 Å². The zero-order valence-corrected chi connectivity index (χ0v) is 13.6. The molecule has 0 saturated heterocycles. The van der Waals surface area contributed by atoms with Crippen molar-refractivity contribution in [3.63, 3.8) is 0 Å². The molecular formula is C16H20N2O3S. The minimum absolute atomic E-state index is 0.287. The van der Waals surface area contributed by atoms with E-state index >= 15 is 0 Å². The molecule has 0 fully saturated rings. The van der Waals surface area contributed by atoms with E-state index in [2.05, 4.69) is 9.71 Å². The first-order valence-corrected chi connectivity index (χ1v) is 8.54. The van der Waals surface area contributed by atoms with Gasteiger partial charge in [-0.3, -0.25) is 4.98 Å². The summed E-state index contributed by atoms with van der Waals surface area (Å²) in [7, 11) is -1.94. The molecule has 1 N–H and O–H groups in total. The van der Waals surface area contributed by atoms with Crippen LogP contribution in [0.4, 0.5) is 0 Å². The Balaban J connectivity index is 1.94. The average molecular weight is 320 g/mol. The van der Waals surface area contributed by atoms with Gasteiger partial charge in [0, 0.05) is 18.9 Å². The smallest absolute Gasteiger partial charge is 0.240 e. The number of rotatable bonds is 7. The van der Waals surface area contributed by atoms with Crippen molar-refractivity contribution in [1.29, 1.82) is 0 Å². The maximum atomic E-state index is 12.3. The average Bonchev–Trinajstić information content (AvgIpc) is 2.52. The Morgan fingerprint density at radius 1 is 1.27 bits per heavy atom. The summed E-state index contributed by atoms with van der Waals surface area (Å²) in [6, 6.07) is 8.79. The summed E-state index contributed by atoms with van der Waals surface area (Å²) in [5.74, 6) is 0.646. The molecule has 0 unspecified atom stereocenters. The molecule has 6 heteroatoms. The first-order chi connectivity index (χ1) is 10.5. The molecule has 0 bridgehead atoms. The van der Waals surface area contributed by atoms with E-state index < -0.39 is 10.0 Å². The molecule has 1 aromatic carbocycles. The molecule has 0 atom stereocenters. The zero-order chi connectivity index (χ0) is 16.0. The van der Waals surface area contributed by atoms with Gasteiger partial charge in [-0.1, -0.05) is 6.07 Å². The van der Waals surface area contributed by atoms with Crippen molar-refractivity contribution in [2.45, 2.75) is 24.7 Å². The standard InChI is InChI=1S/C16H20N2O3S/c1-13-11-15(21-2)7-8-16(13)22(19,20)18-10-4-6-14-5-3-9-17-12-14/h3,5,7-9,11-12,18H,4,6,10H2,1-2H3. The predicted molar refractivity (Wildman–Crippen MR) is 85.5 cm³/mol. The van der Waals surface area contributed by atoms with Crippen molar-refractivity contribution in [2.75, 3.05) is 13.7 Å². The van der Waals surface area contributed by atoms with Crippen LogP contribution < -0.4 is 9.46 Å². The number of aromatic nitrogens is 1. The van der Waals surface area contributed by atoms with Gasteiger partial charge in [0.15, 0.2) is 0 Å². The third-order valence-corrected chi connectivity index (χ3v) is 4.95. The molecule has 1 aromatic heterocycles. The second-order valence-corrected chi connectivity index (χ2v) is 6.73. The van der Waals surface area contributed by atoms with Crippen LogP contribution in [0.2, 0.25) is 0 Å². The van der Waals surface area contributed by atoms with Crippen molar-refractivity contribution in [2.24, 2.45) is 0 Å². The quantitative estimate of drug-likeness (QED) is 0.795. The first kappa shape index (κ1) is 16.5. The molecule has 1 heterocycles. The number of aryl methyl sites for hydroxylation is 2. The summed E-state index contributed by atoms with van der Waals surface area (Å²) >= 11 is 0. The van der Waals surface area contributed by atoms with Crippen LogP contribution in [-0.2, 0) is 16.4 Å². The Morgan fingerprint density at radius 3 is 2.73 bits per heavy atom. The van der Waals surface area contributed by atoms with Gasteiger partial charge >= 0.3 is 0 Å². The molecule has 0 aliphatic carbocycles. The van der Waals surface area contributed by atoms with Gasteiger partial charge in [-0.25, -0.2) is 13.1 Å². The van der Waals surface area contributed by atoms with Crippen LogP contribution in [0.5, 0.6) is 5.75 Å². The number of hydrogen-bond acceptors (Lipinski definition) is 4. The Kier molecular flexibility index (Phi) is 5.51. The summed E-state index contributed by atoms with van der Waals surface area (Å²) in [6.07, 6.45) is 5.03. The number of pyridine rings is 1. The van der Waals surface area contributed by atoms with Gasteiger partial charge in [-0.05, 0) is 55.2 Å². The largest absolute Gasteiger partial charge is 0.497 e. The monoisotopic (exact) mass is 320 g/mol. The van der Waals surface area contributed by atoms with Crippen LogP contribution in [0.3, 0.4) is 0 Å². The maximum absolute atomic E-state index is 12.3. The SMILES string of the molecule is COc1ccc(S(=O)(=O)NCCCc2cccnc2)c(C)c1. The Hall–Kier alpha value is -1.92. The molecule has 5 nitrogen and oxygen atoms in total. The Bertz CT molecular complexity index is 715. The number of hydrogen-bond donors (Lipinski definition) is 1. The lowest BCUT2D eigenvalue weighted by molar-refractivity contribution is 0.414. The van der Waals surface area contributed by atoms with Gasteiger partial charge in [0.1, 0.15) is 5.75 Å². The van der Waals surface area contributed by atoms with E-state index in [0.717, 1.165) is 18.4 Å². The molecule has 0 aliphatic heterocycles. The highest BCUT2D eigenvalue weighted by Crippen LogP contribution is 2.20. The van der Waals surface area contributed by atoms with Gasteiger partial charge in [0.2, 0.25) is 10.0 Å². The highest BCUT2D eigenvalue weighted by atomic mass is 32.2. The highest BCUT2D eigenvalue weighted by Gasteiger charge is 2.16. The predicted octanol–water partition coefficient (Wildman–Crippen LogP) is 2.31. The van der Waals surface area contributed by atoms with E-state index in [4.69, 9.17) is 4.74 Å². The van der Waals surface area contributed by atoms with Crippen LogP contribution >= 0.6 is 0 Å². The Labute approximate surface area is 131 Å². The lowest BCUT2D eigenvalue weighted by Gasteiger charge is -2.10. The third kappa shape index (κ3) is 4.29. The highest BCUT2D eigenvalue weighted by molar-refractivity contribution is 7.89.